The Balaban J connectivity index is 1.84. The maximum absolute atomic E-state index is 11.8. The third-order valence-corrected chi connectivity index (χ3v) is 3.02. The van der Waals surface area contributed by atoms with Crippen LogP contribution >= 0.6 is 0 Å². The Morgan fingerprint density at radius 1 is 1.50 bits per heavy atom. The van der Waals surface area contributed by atoms with Crippen molar-refractivity contribution in [3.05, 3.63) is 35.9 Å². The summed E-state index contributed by atoms with van der Waals surface area (Å²) in [4.78, 5) is 11.8. The van der Waals surface area contributed by atoms with Gasteiger partial charge in [0.1, 0.15) is 5.60 Å². The lowest BCUT2D eigenvalue weighted by molar-refractivity contribution is -0.124. The minimum Gasteiger partial charge on any atom is -0.362 e. The molecule has 3 heteroatoms. The van der Waals surface area contributed by atoms with Gasteiger partial charge in [-0.15, -0.1) is 0 Å². The lowest BCUT2D eigenvalue weighted by Crippen LogP contribution is -2.39. The van der Waals surface area contributed by atoms with Crippen LogP contribution in [0.2, 0.25) is 0 Å². The molecule has 16 heavy (non-hydrogen) atoms. The first-order valence-electron chi connectivity index (χ1n) is 5.59. The minimum atomic E-state index is -0.587. The zero-order valence-corrected chi connectivity index (χ0v) is 9.48. The van der Waals surface area contributed by atoms with Crippen LogP contribution in [0.4, 0.5) is 0 Å². The van der Waals surface area contributed by atoms with Gasteiger partial charge in [0.15, 0.2) is 5.78 Å². The van der Waals surface area contributed by atoms with Gasteiger partial charge in [-0.25, -0.2) is 0 Å². The number of carbonyl (C=O) groups excluding carboxylic acids is 1. The van der Waals surface area contributed by atoms with E-state index in [2.05, 4.69) is 0 Å². The summed E-state index contributed by atoms with van der Waals surface area (Å²) in [5.41, 5.74) is 6.49. The molecule has 1 saturated heterocycles. The quantitative estimate of drug-likeness (QED) is 0.759. The molecule has 2 rings (SSSR count). The largest absolute Gasteiger partial charge is 0.362 e. The minimum absolute atomic E-state index is 0.0310. The van der Waals surface area contributed by atoms with E-state index in [4.69, 9.17) is 10.5 Å². The van der Waals surface area contributed by atoms with Gasteiger partial charge < -0.3 is 10.5 Å². The molecule has 0 spiro atoms. The van der Waals surface area contributed by atoms with Crippen molar-refractivity contribution in [1.29, 1.82) is 0 Å². The molecular formula is C13H17NO2. The number of epoxide rings is 1. The summed E-state index contributed by atoms with van der Waals surface area (Å²) >= 11 is 0. The second-order valence-corrected chi connectivity index (χ2v) is 4.51. The third-order valence-electron chi connectivity index (χ3n) is 3.02. The molecule has 0 saturated carbocycles. The highest BCUT2D eigenvalue weighted by Gasteiger charge is 2.48. The van der Waals surface area contributed by atoms with E-state index in [-0.39, 0.29) is 5.78 Å². The van der Waals surface area contributed by atoms with Crippen LogP contribution in [-0.2, 0) is 16.0 Å². The molecule has 2 atom stereocenters. The number of carbonyl (C=O) groups is 1. The van der Waals surface area contributed by atoms with E-state index >= 15 is 0 Å². The highest BCUT2D eigenvalue weighted by atomic mass is 16.6. The number of rotatable bonds is 5. The lowest BCUT2D eigenvalue weighted by Gasteiger charge is -2.12. The molecule has 1 aliphatic heterocycles. The van der Waals surface area contributed by atoms with Gasteiger partial charge in [0, 0.05) is 0 Å². The number of aryl methyl sites for hydroxylation is 1. The fourth-order valence-corrected chi connectivity index (χ4v) is 1.74. The van der Waals surface area contributed by atoms with Crippen molar-refractivity contribution in [2.24, 2.45) is 5.73 Å². The summed E-state index contributed by atoms with van der Waals surface area (Å²) in [6.45, 7) is 2.32. The molecule has 1 aliphatic rings. The Bertz CT molecular complexity index is 371. The van der Waals surface area contributed by atoms with Crippen LogP contribution < -0.4 is 5.73 Å². The van der Waals surface area contributed by atoms with Gasteiger partial charge in [0.2, 0.25) is 0 Å². The van der Waals surface area contributed by atoms with Gasteiger partial charge in [0.05, 0.1) is 12.6 Å². The zero-order chi connectivity index (χ0) is 11.6. The molecule has 1 fully saturated rings. The Hall–Kier alpha value is -1.19. The molecule has 0 amide bonds. The van der Waals surface area contributed by atoms with Gasteiger partial charge in [-0.3, -0.25) is 4.79 Å². The van der Waals surface area contributed by atoms with E-state index in [0.717, 1.165) is 6.42 Å². The van der Waals surface area contributed by atoms with E-state index in [1.807, 2.05) is 30.3 Å². The lowest BCUT2D eigenvalue weighted by atomic mass is 9.96. The number of hydrogen-bond acceptors (Lipinski definition) is 3. The van der Waals surface area contributed by atoms with Gasteiger partial charge >= 0.3 is 0 Å². The maximum atomic E-state index is 11.8. The number of nitrogens with two attached hydrogens (primary N) is 1. The van der Waals surface area contributed by atoms with Crippen LogP contribution in [0.15, 0.2) is 30.3 Å². The van der Waals surface area contributed by atoms with Gasteiger partial charge in [-0.1, -0.05) is 30.3 Å². The number of hydrogen-bond donors (Lipinski definition) is 1. The summed E-state index contributed by atoms with van der Waals surface area (Å²) < 4.78 is 5.10. The normalized spacial score (nSPS) is 25.1. The highest BCUT2D eigenvalue weighted by molar-refractivity contribution is 5.93. The Morgan fingerprint density at radius 2 is 2.12 bits per heavy atom. The van der Waals surface area contributed by atoms with Crippen LogP contribution in [-0.4, -0.2) is 24.0 Å². The standard InChI is InChI=1S/C13H17NO2/c1-13(9-16-13)12(15)11(14)8-7-10-5-3-2-4-6-10/h2-6,11H,7-9,14H2,1H3/t11-,13-/m0/s1. The summed E-state index contributed by atoms with van der Waals surface area (Å²) in [6, 6.07) is 9.65. The predicted molar refractivity (Wildman–Crippen MR) is 62.1 cm³/mol. The summed E-state index contributed by atoms with van der Waals surface area (Å²) in [5.74, 6) is 0.0310. The second kappa shape index (κ2) is 4.36. The molecule has 0 radical (unpaired) electrons. The van der Waals surface area contributed by atoms with Crippen molar-refractivity contribution >= 4 is 5.78 Å². The van der Waals surface area contributed by atoms with E-state index < -0.39 is 11.6 Å². The number of Topliss-reactive ketones (excluding diaryl/α,β-unsaturated/α-hetero) is 1. The third kappa shape index (κ3) is 2.49. The van der Waals surface area contributed by atoms with E-state index in [0.29, 0.717) is 13.0 Å². The summed E-state index contributed by atoms with van der Waals surface area (Å²) in [7, 11) is 0. The number of ether oxygens (including phenoxy) is 1. The number of ketones is 1. The summed E-state index contributed by atoms with van der Waals surface area (Å²) in [6.07, 6.45) is 1.52. The van der Waals surface area contributed by atoms with Crippen LogP contribution in [0, 0.1) is 0 Å². The van der Waals surface area contributed by atoms with Crippen molar-refractivity contribution in [3.63, 3.8) is 0 Å². The second-order valence-electron chi connectivity index (χ2n) is 4.51. The van der Waals surface area contributed by atoms with Gasteiger partial charge in [-0.2, -0.15) is 0 Å². The predicted octanol–water partition coefficient (Wildman–Crippen LogP) is 1.30. The molecule has 2 N–H and O–H groups in total. The average molecular weight is 219 g/mol. The van der Waals surface area contributed by atoms with Crippen molar-refractivity contribution in [3.8, 4) is 0 Å². The SMILES string of the molecule is C[C@@]1(C(=O)[C@@H](N)CCc2ccccc2)CO1. The van der Waals surface area contributed by atoms with Gasteiger partial charge in [-0.05, 0) is 25.3 Å². The van der Waals surface area contributed by atoms with Crippen molar-refractivity contribution in [2.75, 3.05) is 6.61 Å². The maximum Gasteiger partial charge on any atom is 0.183 e. The van der Waals surface area contributed by atoms with Crippen LogP contribution in [0.3, 0.4) is 0 Å². The fourth-order valence-electron chi connectivity index (χ4n) is 1.74. The first kappa shape index (κ1) is 11.3. The average Bonchev–Trinajstić information content (AvgIpc) is 3.06. The molecule has 0 aromatic heterocycles. The molecule has 0 bridgehead atoms. The van der Waals surface area contributed by atoms with Crippen LogP contribution in [0.5, 0.6) is 0 Å². The van der Waals surface area contributed by atoms with Crippen molar-refractivity contribution in [1.82, 2.24) is 0 Å². The fraction of sp³-hybridized carbons (Fsp3) is 0.462. The molecule has 1 aromatic rings. The van der Waals surface area contributed by atoms with Crippen LogP contribution in [0.25, 0.3) is 0 Å². The molecule has 1 heterocycles. The molecular weight excluding hydrogens is 202 g/mol. The summed E-state index contributed by atoms with van der Waals surface area (Å²) in [5, 5.41) is 0. The Labute approximate surface area is 95.6 Å². The molecule has 0 unspecified atom stereocenters. The van der Waals surface area contributed by atoms with E-state index in [9.17, 15) is 4.79 Å². The molecule has 0 aliphatic carbocycles. The van der Waals surface area contributed by atoms with Crippen molar-refractivity contribution < 1.29 is 9.53 Å². The Kier molecular flexibility index (Phi) is 3.08. The van der Waals surface area contributed by atoms with E-state index in [1.54, 1.807) is 6.92 Å². The smallest absolute Gasteiger partial charge is 0.183 e. The monoisotopic (exact) mass is 219 g/mol. The van der Waals surface area contributed by atoms with Gasteiger partial charge in [0.25, 0.3) is 0 Å². The van der Waals surface area contributed by atoms with Crippen molar-refractivity contribution in [2.45, 2.75) is 31.4 Å². The molecule has 1 aromatic carbocycles. The van der Waals surface area contributed by atoms with Crippen LogP contribution in [0.1, 0.15) is 18.9 Å². The molecule has 86 valence electrons. The Morgan fingerprint density at radius 3 is 2.69 bits per heavy atom. The molecule has 3 nitrogen and oxygen atoms in total. The highest BCUT2D eigenvalue weighted by Crippen LogP contribution is 2.28. The first-order valence-corrected chi connectivity index (χ1v) is 5.59. The first-order chi connectivity index (χ1) is 7.62. The number of benzene rings is 1. The van der Waals surface area contributed by atoms with E-state index in [1.165, 1.54) is 5.56 Å². The zero-order valence-electron chi connectivity index (χ0n) is 9.48. The topological polar surface area (TPSA) is 55.6 Å².